The Balaban J connectivity index is 1.64. The molecular formula is C29H20O8. The van der Waals surface area contributed by atoms with E-state index in [0.29, 0.717) is 16.7 Å². The number of phenolic OH excluding ortho intramolecular Hbond substituents is 5. The van der Waals surface area contributed by atoms with Gasteiger partial charge in [0.05, 0.1) is 5.56 Å². The summed E-state index contributed by atoms with van der Waals surface area (Å²) in [5.41, 5.74) is 0.322. The fourth-order valence-electron chi connectivity index (χ4n) is 5.20. The van der Waals surface area contributed by atoms with E-state index in [1.165, 1.54) is 42.5 Å². The highest BCUT2D eigenvalue weighted by atomic mass is 16.6. The third kappa shape index (κ3) is 3.34. The third-order valence-corrected chi connectivity index (χ3v) is 6.66. The molecule has 2 aliphatic rings. The summed E-state index contributed by atoms with van der Waals surface area (Å²) < 4.78 is 11.9. The summed E-state index contributed by atoms with van der Waals surface area (Å²) in [5, 5.41) is 51.3. The van der Waals surface area contributed by atoms with Gasteiger partial charge >= 0.3 is 5.97 Å². The minimum Gasteiger partial charge on any atom is -0.508 e. The molecule has 8 nitrogen and oxygen atoms in total. The minimum absolute atomic E-state index is 0.0518. The number of rotatable bonds is 3. The van der Waals surface area contributed by atoms with Crippen LogP contribution in [0.15, 0.2) is 72.8 Å². The molecule has 0 saturated carbocycles. The van der Waals surface area contributed by atoms with E-state index in [9.17, 15) is 30.3 Å². The Hall–Kier alpha value is -5.11. The molecule has 4 aromatic rings. The zero-order valence-electron chi connectivity index (χ0n) is 19.1. The molecule has 6 rings (SSSR count). The summed E-state index contributed by atoms with van der Waals surface area (Å²) in [6.45, 7) is 0. The number of carbonyl (C=O) groups excluding carboxylic acids is 1. The van der Waals surface area contributed by atoms with Crippen LogP contribution in [-0.2, 0) is 10.2 Å². The second-order valence-corrected chi connectivity index (χ2v) is 8.96. The average molecular weight is 496 g/mol. The smallest absolute Gasteiger partial charge is 0.331 e. The Morgan fingerprint density at radius 1 is 0.703 bits per heavy atom. The van der Waals surface area contributed by atoms with Crippen molar-refractivity contribution in [1.29, 1.82) is 0 Å². The quantitative estimate of drug-likeness (QED) is 0.156. The summed E-state index contributed by atoms with van der Waals surface area (Å²) in [7, 11) is 0. The number of carbonyl (C=O) groups is 1. The van der Waals surface area contributed by atoms with Gasteiger partial charge in [-0.2, -0.15) is 0 Å². The van der Waals surface area contributed by atoms with Gasteiger partial charge in [-0.05, 0) is 47.0 Å². The molecular weight excluding hydrogens is 476 g/mol. The van der Waals surface area contributed by atoms with Crippen molar-refractivity contribution >= 4 is 18.1 Å². The molecule has 1 unspecified atom stereocenters. The van der Waals surface area contributed by atoms with Gasteiger partial charge in [-0.25, -0.2) is 0 Å². The van der Waals surface area contributed by atoms with Crippen LogP contribution in [0.25, 0.3) is 12.2 Å². The highest BCUT2D eigenvalue weighted by Crippen LogP contribution is 2.63. The standard InChI is InChI=1S/C29H20O8/c30-18-8-5-15(6-9-18)4-7-16-10-20(32)13-23-25(16)29(28(35)37-23)26-22(34)12-21(33)14-24(26)36-27(29)17-2-1-3-19(31)11-17/h1-14,27,30-34H/t27?,29-/m0/s1. The van der Waals surface area contributed by atoms with Gasteiger partial charge in [0.1, 0.15) is 46.4 Å². The lowest BCUT2D eigenvalue weighted by molar-refractivity contribution is -0.139. The molecule has 0 aromatic heterocycles. The Morgan fingerprint density at radius 3 is 2.19 bits per heavy atom. The van der Waals surface area contributed by atoms with Crippen LogP contribution < -0.4 is 9.47 Å². The molecule has 8 heteroatoms. The SMILES string of the molecule is O=C1Oc2cc(O)cc(C=Cc3ccc(O)cc3)c2[C@@]12c1c(O)cc(O)cc1OC2c1cccc(O)c1. The topological polar surface area (TPSA) is 137 Å². The molecule has 2 heterocycles. The van der Waals surface area contributed by atoms with Gasteiger partial charge in [-0.1, -0.05) is 36.4 Å². The summed E-state index contributed by atoms with van der Waals surface area (Å²) in [6, 6.07) is 17.9. The van der Waals surface area contributed by atoms with Crippen LogP contribution in [-0.4, -0.2) is 31.5 Å². The maximum Gasteiger partial charge on any atom is 0.331 e. The Labute approximate surface area is 210 Å². The molecule has 0 saturated heterocycles. The second-order valence-electron chi connectivity index (χ2n) is 8.96. The van der Waals surface area contributed by atoms with Gasteiger partial charge in [0.2, 0.25) is 0 Å². The van der Waals surface area contributed by atoms with E-state index in [2.05, 4.69) is 0 Å². The number of ether oxygens (including phenoxy) is 2. The number of hydrogen-bond acceptors (Lipinski definition) is 8. The number of fused-ring (bicyclic) bond motifs is 4. The van der Waals surface area contributed by atoms with Gasteiger partial charge in [-0.15, -0.1) is 0 Å². The van der Waals surface area contributed by atoms with Crippen LogP contribution >= 0.6 is 0 Å². The van der Waals surface area contributed by atoms with Crippen LogP contribution in [0.4, 0.5) is 0 Å². The van der Waals surface area contributed by atoms with E-state index >= 15 is 0 Å². The van der Waals surface area contributed by atoms with E-state index in [1.807, 2.05) is 0 Å². The number of esters is 1. The molecule has 2 aliphatic heterocycles. The minimum atomic E-state index is -1.72. The maximum atomic E-state index is 13.8. The molecule has 5 N–H and O–H groups in total. The molecule has 4 aromatic carbocycles. The van der Waals surface area contributed by atoms with E-state index in [4.69, 9.17) is 9.47 Å². The van der Waals surface area contributed by atoms with Crippen LogP contribution in [0, 0.1) is 0 Å². The van der Waals surface area contributed by atoms with E-state index < -0.39 is 17.5 Å². The zero-order valence-corrected chi connectivity index (χ0v) is 19.1. The lowest BCUT2D eigenvalue weighted by Crippen LogP contribution is -2.40. The molecule has 0 amide bonds. The lowest BCUT2D eigenvalue weighted by Gasteiger charge is -2.29. The average Bonchev–Trinajstić information content (AvgIpc) is 3.33. The van der Waals surface area contributed by atoms with Gasteiger partial charge in [0.25, 0.3) is 0 Å². The molecule has 0 aliphatic carbocycles. The lowest BCUT2D eigenvalue weighted by atomic mass is 9.68. The van der Waals surface area contributed by atoms with Crippen molar-refractivity contribution < 1.29 is 39.8 Å². The van der Waals surface area contributed by atoms with E-state index in [-0.39, 0.29) is 45.8 Å². The van der Waals surface area contributed by atoms with Gasteiger partial charge < -0.3 is 35.0 Å². The Morgan fingerprint density at radius 2 is 1.43 bits per heavy atom. The molecule has 37 heavy (non-hydrogen) atoms. The van der Waals surface area contributed by atoms with Gasteiger partial charge in [-0.3, -0.25) is 4.79 Å². The van der Waals surface area contributed by atoms with Crippen molar-refractivity contribution in [2.45, 2.75) is 11.5 Å². The number of benzene rings is 4. The second kappa shape index (κ2) is 7.96. The summed E-state index contributed by atoms with van der Waals surface area (Å²) in [4.78, 5) is 13.8. The van der Waals surface area contributed by atoms with Crippen molar-refractivity contribution in [2.24, 2.45) is 0 Å². The van der Waals surface area contributed by atoms with Crippen molar-refractivity contribution in [3.8, 4) is 40.2 Å². The van der Waals surface area contributed by atoms with E-state index in [0.717, 1.165) is 11.6 Å². The molecule has 0 bridgehead atoms. The predicted octanol–water partition coefficient (Wildman–Crippen LogP) is 4.72. The first-order valence-corrected chi connectivity index (χ1v) is 11.4. The normalized spacial score (nSPS) is 19.6. The predicted molar refractivity (Wildman–Crippen MR) is 133 cm³/mol. The monoisotopic (exact) mass is 496 g/mol. The molecule has 184 valence electrons. The fraction of sp³-hybridized carbons (Fsp3) is 0.0690. The third-order valence-electron chi connectivity index (χ3n) is 6.66. The summed E-state index contributed by atoms with van der Waals surface area (Å²) >= 11 is 0. The molecule has 0 fully saturated rings. The molecule has 2 atom stereocenters. The first-order chi connectivity index (χ1) is 17.8. The zero-order chi connectivity index (χ0) is 25.9. The summed E-state index contributed by atoms with van der Waals surface area (Å²) in [6.07, 6.45) is 2.34. The van der Waals surface area contributed by atoms with Crippen LogP contribution in [0.3, 0.4) is 0 Å². The van der Waals surface area contributed by atoms with Crippen molar-refractivity contribution in [3.05, 3.63) is 101 Å². The largest absolute Gasteiger partial charge is 0.508 e. The first-order valence-electron chi connectivity index (χ1n) is 11.4. The molecule has 0 radical (unpaired) electrons. The van der Waals surface area contributed by atoms with Crippen molar-refractivity contribution in [2.75, 3.05) is 0 Å². The number of phenols is 5. The van der Waals surface area contributed by atoms with Crippen LogP contribution in [0.1, 0.15) is 33.9 Å². The summed E-state index contributed by atoms with van der Waals surface area (Å²) in [5.74, 6) is -1.29. The first kappa shape index (κ1) is 22.4. The van der Waals surface area contributed by atoms with Crippen LogP contribution in [0.5, 0.6) is 40.2 Å². The fourth-order valence-corrected chi connectivity index (χ4v) is 5.20. The van der Waals surface area contributed by atoms with Gasteiger partial charge in [0.15, 0.2) is 5.41 Å². The van der Waals surface area contributed by atoms with Crippen molar-refractivity contribution in [3.63, 3.8) is 0 Å². The Bertz CT molecular complexity index is 1610. The van der Waals surface area contributed by atoms with Crippen LogP contribution in [0.2, 0.25) is 0 Å². The highest BCUT2D eigenvalue weighted by Gasteiger charge is 2.64. The molecule has 1 spiro atoms. The number of aromatic hydroxyl groups is 5. The maximum absolute atomic E-state index is 13.8. The van der Waals surface area contributed by atoms with E-state index in [1.54, 1.807) is 36.4 Å². The van der Waals surface area contributed by atoms with Crippen molar-refractivity contribution in [1.82, 2.24) is 0 Å². The Kier molecular flexibility index (Phi) is 4.81. The van der Waals surface area contributed by atoms with Gasteiger partial charge in [0, 0.05) is 23.8 Å². The highest BCUT2D eigenvalue weighted by molar-refractivity contribution is 6.00. The number of hydrogen-bond donors (Lipinski definition) is 5.